The van der Waals surface area contributed by atoms with Crippen molar-refractivity contribution in [3.63, 3.8) is 0 Å². The van der Waals surface area contributed by atoms with E-state index in [1.54, 1.807) is 31.2 Å². The summed E-state index contributed by atoms with van der Waals surface area (Å²) in [4.78, 5) is 12.1. The molecule has 1 heterocycles. The topological polar surface area (TPSA) is 98.5 Å². The Labute approximate surface area is 124 Å². The summed E-state index contributed by atoms with van der Waals surface area (Å²) in [6.07, 6.45) is 0.0602. The zero-order valence-corrected chi connectivity index (χ0v) is 12.9. The van der Waals surface area contributed by atoms with Crippen molar-refractivity contribution >= 4 is 27.1 Å². The number of anilines is 2. The molecule has 6 nitrogen and oxygen atoms in total. The monoisotopic (exact) mass is 312 g/mol. The fourth-order valence-electron chi connectivity index (χ4n) is 2.37. The molecule has 1 aromatic carbocycles. The third-order valence-corrected chi connectivity index (χ3v) is 6.43. The first kappa shape index (κ1) is 15.8. The van der Waals surface area contributed by atoms with E-state index in [4.69, 9.17) is 10.5 Å². The lowest BCUT2D eigenvalue weighted by atomic mass is 10.2. The van der Waals surface area contributed by atoms with Gasteiger partial charge in [0.15, 0.2) is 9.84 Å². The number of nitrogens with two attached hydrogens (primary N) is 1. The summed E-state index contributed by atoms with van der Waals surface area (Å²) >= 11 is 0. The van der Waals surface area contributed by atoms with E-state index in [-0.39, 0.29) is 6.10 Å². The second kappa shape index (κ2) is 6.03. The van der Waals surface area contributed by atoms with Gasteiger partial charge in [-0.1, -0.05) is 0 Å². The van der Waals surface area contributed by atoms with Gasteiger partial charge >= 0.3 is 0 Å². The highest BCUT2D eigenvalue weighted by Gasteiger charge is 2.41. The zero-order chi connectivity index (χ0) is 15.6. The molecule has 116 valence electrons. The fraction of sp³-hybridized carbons (Fsp3) is 0.500. The zero-order valence-electron chi connectivity index (χ0n) is 12.1. The van der Waals surface area contributed by atoms with E-state index in [9.17, 15) is 13.2 Å². The first-order chi connectivity index (χ1) is 9.82. The normalized spacial score (nSPS) is 23.7. The molecule has 3 N–H and O–H groups in total. The maximum atomic E-state index is 12.5. The molecule has 1 aliphatic rings. The Balaban J connectivity index is 2.09. The van der Waals surface area contributed by atoms with Crippen molar-refractivity contribution in [2.75, 3.05) is 17.7 Å². The molecule has 1 saturated heterocycles. The second-order valence-corrected chi connectivity index (χ2v) is 7.74. The molecule has 21 heavy (non-hydrogen) atoms. The number of amides is 1. The standard InChI is InChI=1S/C14H20N2O4S/c1-9-13(7-8-20-9)21(18,19)10(2)14(17)16-12-5-3-11(15)4-6-12/h3-6,9-10,13H,7-8,15H2,1-2H3,(H,16,17). The van der Waals surface area contributed by atoms with Crippen molar-refractivity contribution in [1.82, 2.24) is 0 Å². The van der Waals surface area contributed by atoms with Crippen molar-refractivity contribution in [3.8, 4) is 0 Å². The Morgan fingerprint density at radius 2 is 2.00 bits per heavy atom. The SMILES string of the molecule is CC1OCCC1S(=O)(=O)C(C)C(=O)Nc1ccc(N)cc1. The van der Waals surface area contributed by atoms with Crippen molar-refractivity contribution in [2.45, 2.75) is 36.9 Å². The van der Waals surface area contributed by atoms with Crippen LogP contribution in [0.3, 0.4) is 0 Å². The first-order valence-electron chi connectivity index (χ1n) is 6.83. The molecule has 0 spiro atoms. The summed E-state index contributed by atoms with van der Waals surface area (Å²) < 4.78 is 30.2. The van der Waals surface area contributed by atoms with E-state index < -0.39 is 26.2 Å². The molecule has 0 saturated carbocycles. The van der Waals surface area contributed by atoms with Gasteiger partial charge in [0.1, 0.15) is 5.25 Å². The number of hydrogen-bond donors (Lipinski definition) is 2. The number of rotatable bonds is 4. The highest BCUT2D eigenvalue weighted by molar-refractivity contribution is 7.93. The summed E-state index contributed by atoms with van der Waals surface area (Å²) in [5, 5.41) is 0.857. The van der Waals surface area contributed by atoms with Gasteiger partial charge < -0.3 is 15.8 Å². The van der Waals surface area contributed by atoms with E-state index >= 15 is 0 Å². The van der Waals surface area contributed by atoms with Gasteiger partial charge in [0, 0.05) is 18.0 Å². The first-order valence-corrected chi connectivity index (χ1v) is 8.44. The Hall–Kier alpha value is -1.60. The molecule has 0 radical (unpaired) electrons. The summed E-state index contributed by atoms with van der Waals surface area (Å²) in [6, 6.07) is 6.55. The van der Waals surface area contributed by atoms with Crippen molar-refractivity contribution in [1.29, 1.82) is 0 Å². The van der Waals surface area contributed by atoms with Crippen LogP contribution in [0.4, 0.5) is 11.4 Å². The molecule has 1 amide bonds. The van der Waals surface area contributed by atoms with Crippen LogP contribution in [-0.4, -0.2) is 37.5 Å². The van der Waals surface area contributed by atoms with Crippen molar-refractivity contribution in [2.24, 2.45) is 0 Å². The van der Waals surface area contributed by atoms with Crippen molar-refractivity contribution in [3.05, 3.63) is 24.3 Å². The smallest absolute Gasteiger partial charge is 0.242 e. The summed E-state index contributed by atoms with van der Waals surface area (Å²) in [5.74, 6) is -0.543. The summed E-state index contributed by atoms with van der Waals surface area (Å²) in [6.45, 7) is 3.55. The lowest BCUT2D eigenvalue weighted by Crippen LogP contribution is -2.41. The van der Waals surface area contributed by atoms with Crippen LogP contribution >= 0.6 is 0 Å². The molecule has 1 aliphatic heterocycles. The molecule has 2 rings (SSSR count). The Kier molecular flexibility index (Phi) is 4.53. The number of benzene rings is 1. The number of carbonyl (C=O) groups is 1. The Morgan fingerprint density at radius 1 is 1.38 bits per heavy atom. The third kappa shape index (κ3) is 3.36. The summed E-state index contributed by atoms with van der Waals surface area (Å²) in [5.41, 5.74) is 6.66. The molecule has 3 unspecified atom stereocenters. The van der Waals surface area contributed by atoms with Crippen LogP contribution in [0, 0.1) is 0 Å². The maximum absolute atomic E-state index is 12.5. The Bertz CT molecular complexity index is 612. The lowest BCUT2D eigenvalue weighted by Gasteiger charge is -2.20. The third-order valence-electron chi connectivity index (χ3n) is 3.77. The Morgan fingerprint density at radius 3 is 2.52 bits per heavy atom. The van der Waals surface area contributed by atoms with Crippen LogP contribution < -0.4 is 11.1 Å². The molecule has 1 aromatic rings. The highest BCUT2D eigenvalue weighted by atomic mass is 32.2. The highest BCUT2D eigenvalue weighted by Crippen LogP contribution is 2.25. The minimum atomic E-state index is -3.58. The van der Waals surface area contributed by atoms with Gasteiger partial charge in [-0.2, -0.15) is 0 Å². The number of carbonyl (C=O) groups excluding carboxylic acids is 1. The number of ether oxygens (including phenoxy) is 1. The van der Waals surface area contributed by atoms with Gasteiger partial charge in [0.2, 0.25) is 5.91 Å². The van der Waals surface area contributed by atoms with E-state index in [0.29, 0.717) is 24.4 Å². The molecule has 0 aromatic heterocycles. The lowest BCUT2D eigenvalue weighted by molar-refractivity contribution is -0.115. The minimum Gasteiger partial charge on any atom is -0.399 e. The molecule has 0 aliphatic carbocycles. The molecular formula is C14H20N2O4S. The van der Waals surface area contributed by atoms with E-state index in [1.807, 2.05) is 0 Å². The molecule has 7 heteroatoms. The summed E-state index contributed by atoms with van der Waals surface area (Å²) in [7, 11) is -3.58. The fourth-order valence-corrected chi connectivity index (χ4v) is 4.28. The van der Waals surface area contributed by atoms with Crippen LogP contribution in [0.5, 0.6) is 0 Å². The van der Waals surface area contributed by atoms with Crippen LogP contribution in [0.1, 0.15) is 20.3 Å². The average molecular weight is 312 g/mol. The van der Waals surface area contributed by atoms with Gasteiger partial charge in [-0.05, 0) is 44.5 Å². The van der Waals surface area contributed by atoms with Crippen LogP contribution in [0.25, 0.3) is 0 Å². The van der Waals surface area contributed by atoms with Gasteiger partial charge in [0.05, 0.1) is 11.4 Å². The molecule has 0 bridgehead atoms. The number of nitrogens with one attached hydrogen (secondary N) is 1. The molecule has 3 atom stereocenters. The van der Waals surface area contributed by atoms with Gasteiger partial charge in [-0.3, -0.25) is 4.79 Å². The molecule has 1 fully saturated rings. The molecular weight excluding hydrogens is 292 g/mol. The van der Waals surface area contributed by atoms with Gasteiger partial charge in [-0.25, -0.2) is 8.42 Å². The predicted molar refractivity (Wildman–Crippen MR) is 81.7 cm³/mol. The number of hydrogen-bond acceptors (Lipinski definition) is 5. The van der Waals surface area contributed by atoms with Crippen LogP contribution in [0.15, 0.2) is 24.3 Å². The van der Waals surface area contributed by atoms with E-state index in [1.165, 1.54) is 6.92 Å². The second-order valence-electron chi connectivity index (χ2n) is 5.25. The largest absolute Gasteiger partial charge is 0.399 e. The van der Waals surface area contributed by atoms with Gasteiger partial charge in [0.25, 0.3) is 0 Å². The van der Waals surface area contributed by atoms with Gasteiger partial charge in [-0.15, -0.1) is 0 Å². The average Bonchev–Trinajstić information content (AvgIpc) is 2.87. The quantitative estimate of drug-likeness (QED) is 0.814. The van der Waals surface area contributed by atoms with Crippen LogP contribution in [-0.2, 0) is 19.4 Å². The van der Waals surface area contributed by atoms with E-state index in [2.05, 4.69) is 5.32 Å². The van der Waals surface area contributed by atoms with Crippen LogP contribution in [0.2, 0.25) is 0 Å². The minimum absolute atomic E-state index is 0.373. The predicted octanol–water partition coefficient (Wildman–Crippen LogP) is 1.19. The van der Waals surface area contributed by atoms with Crippen molar-refractivity contribution < 1.29 is 17.9 Å². The maximum Gasteiger partial charge on any atom is 0.242 e. The van der Waals surface area contributed by atoms with E-state index in [0.717, 1.165) is 0 Å². The number of sulfone groups is 1. The number of nitrogen functional groups attached to an aromatic ring is 1.